The van der Waals surface area contributed by atoms with Gasteiger partial charge in [0.05, 0.1) is 10.7 Å². The minimum Gasteiger partial charge on any atom is -0.322 e. The van der Waals surface area contributed by atoms with Crippen molar-refractivity contribution in [3.63, 3.8) is 0 Å². The van der Waals surface area contributed by atoms with Crippen molar-refractivity contribution in [2.45, 2.75) is 12.8 Å². The number of hydrogen-bond donors (Lipinski definition) is 1. The number of rotatable bonds is 3. The summed E-state index contributed by atoms with van der Waals surface area (Å²) in [5, 5.41) is 5.43. The number of halogens is 1. The van der Waals surface area contributed by atoms with E-state index in [1.165, 1.54) is 0 Å². The van der Waals surface area contributed by atoms with Gasteiger partial charge in [-0.05, 0) is 47.5 Å². The molecule has 0 saturated carbocycles. The van der Waals surface area contributed by atoms with Gasteiger partial charge in [0.2, 0.25) is 5.91 Å². The number of anilines is 2. The summed E-state index contributed by atoms with van der Waals surface area (Å²) in [6, 6.07) is 18.7. The molecule has 0 unspecified atom stereocenters. The molecule has 4 rings (SSSR count). The smallest absolute Gasteiger partial charge is 0.255 e. The lowest BCUT2D eigenvalue weighted by molar-refractivity contribution is -0.117. The third-order valence-electron chi connectivity index (χ3n) is 4.58. The van der Waals surface area contributed by atoms with Crippen molar-refractivity contribution in [3.05, 3.63) is 71.2 Å². The lowest BCUT2D eigenvalue weighted by Gasteiger charge is -2.18. The molecule has 130 valence electrons. The summed E-state index contributed by atoms with van der Waals surface area (Å²) in [4.78, 5) is 26.1. The van der Waals surface area contributed by atoms with E-state index in [1.807, 2.05) is 36.4 Å². The van der Waals surface area contributed by atoms with Crippen molar-refractivity contribution in [1.29, 1.82) is 0 Å². The largest absolute Gasteiger partial charge is 0.322 e. The van der Waals surface area contributed by atoms with E-state index in [9.17, 15) is 9.59 Å². The predicted molar refractivity (Wildman–Crippen MR) is 105 cm³/mol. The Balaban J connectivity index is 1.55. The van der Waals surface area contributed by atoms with Crippen LogP contribution in [0.25, 0.3) is 10.8 Å². The molecule has 1 aliphatic rings. The first-order valence-corrected chi connectivity index (χ1v) is 8.90. The van der Waals surface area contributed by atoms with Gasteiger partial charge in [-0.15, -0.1) is 0 Å². The second-order valence-corrected chi connectivity index (χ2v) is 6.74. The highest BCUT2D eigenvalue weighted by Crippen LogP contribution is 2.32. The van der Waals surface area contributed by atoms with E-state index >= 15 is 0 Å². The van der Waals surface area contributed by atoms with Crippen LogP contribution in [-0.2, 0) is 4.79 Å². The normalized spacial score (nSPS) is 14.0. The molecule has 1 aliphatic heterocycles. The molecule has 0 aromatic heterocycles. The number of hydrogen-bond acceptors (Lipinski definition) is 2. The fourth-order valence-corrected chi connectivity index (χ4v) is 3.52. The maximum atomic E-state index is 12.5. The Kier molecular flexibility index (Phi) is 4.35. The quantitative estimate of drug-likeness (QED) is 0.720. The van der Waals surface area contributed by atoms with Gasteiger partial charge in [0.1, 0.15) is 0 Å². The van der Waals surface area contributed by atoms with E-state index in [4.69, 9.17) is 11.6 Å². The molecule has 1 N–H and O–H groups in total. The second-order valence-electron chi connectivity index (χ2n) is 6.33. The maximum Gasteiger partial charge on any atom is 0.255 e. The maximum absolute atomic E-state index is 12.5. The summed E-state index contributed by atoms with van der Waals surface area (Å²) in [5.41, 5.74) is 1.88. The lowest BCUT2D eigenvalue weighted by Crippen LogP contribution is -2.24. The summed E-state index contributed by atoms with van der Waals surface area (Å²) in [5.74, 6) is -0.114. The summed E-state index contributed by atoms with van der Waals surface area (Å²) < 4.78 is 0. The molecule has 3 aromatic rings. The Morgan fingerprint density at radius 3 is 2.54 bits per heavy atom. The minimum atomic E-state index is -0.197. The molecule has 1 fully saturated rings. The van der Waals surface area contributed by atoms with Crippen molar-refractivity contribution in [2.75, 3.05) is 16.8 Å². The fourth-order valence-electron chi connectivity index (χ4n) is 3.24. The van der Waals surface area contributed by atoms with E-state index in [1.54, 1.807) is 29.2 Å². The lowest BCUT2D eigenvalue weighted by atomic mass is 10.1. The van der Waals surface area contributed by atoms with Gasteiger partial charge in [-0.1, -0.05) is 41.9 Å². The molecule has 0 bridgehead atoms. The molecule has 0 spiro atoms. The highest BCUT2D eigenvalue weighted by atomic mass is 35.5. The minimum absolute atomic E-state index is 0.0832. The number of amides is 2. The summed E-state index contributed by atoms with van der Waals surface area (Å²) >= 11 is 6.34. The van der Waals surface area contributed by atoms with Crippen LogP contribution >= 0.6 is 11.6 Å². The molecule has 3 aromatic carbocycles. The van der Waals surface area contributed by atoms with Gasteiger partial charge >= 0.3 is 0 Å². The molecule has 0 atom stereocenters. The van der Waals surface area contributed by atoms with E-state index < -0.39 is 0 Å². The highest BCUT2D eigenvalue weighted by molar-refractivity contribution is 6.34. The van der Waals surface area contributed by atoms with Crippen molar-refractivity contribution < 1.29 is 9.59 Å². The molecular weight excluding hydrogens is 348 g/mol. The predicted octanol–water partition coefficient (Wildman–Crippen LogP) is 4.87. The first-order valence-electron chi connectivity index (χ1n) is 8.52. The Morgan fingerprint density at radius 1 is 1.00 bits per heavy atom. The average molecular weight is 365 g/mol. The van der Waals surface area contributed by atoms with Crippen LogP contribution in [0.1, 0.15) is 23.2 Å². The van der Waals surface area contributed by atoms with E-state index in [0.29, 0.717) is 34.9 Å². The third-order valence-corrected chi connectivity index (χ3v) is 4.88. The summed E-state index contributed by atoms with van der Waals surface area (Å²) in [6.45, 7) is 0.682. The first kappa shape index (κ1) is 16.6. The zero-order valence-corrected chi connectivity index (χ0v) is 14.8. The van der Waals surface area contributed by atoms with Crippen molar-refractivity contribution >= 4 is 45.6 Å². The Hall–Kier alpha value is -2.85. The molecule has 5 heteroatoms. The van der Waals surface area contributed by atoms with Gasteiger partial charge in [-0.25, -0.2) is 0 Å². The third kappa shape index (κ3) is 3.16. The Bertz CT molecular complexity index is 1020. The van der Waals surface area contributed by atoms with Crippen LogP contribution in [0.5, 0.6) is 0 Å². The van der Waals surface area contributed by atoms with Crippen molar-refractivity contribution in [2.24, 2.45) is 0 Å². The van der Waals surface area contributed by atoms with Gasteiger partial charge in [0.15, 0.2) is 0 Å². The summed E-state index contributed by atoms with van der Waals surface area (Å²) in [6.07, 6.45) is 1.40. The number of nitrogens with zero attached hydrogens (tertiary/aromatic N) is 1. The zero-order valence-electron chi connectivity index (χ0n) is 14.0. The second kappa shape index (κ2) is 6.81. The van der Waals surface area contributed by atoms with Crippen LogP contribution < -0.4 is 10.2 Å². The zero-order chi connectivity index (χ0) is 18.1. The number of fused-ring (bicyclic) bond motifs is 1. The van der Waals surface area contributed by atoms with Crippen LogP contribution in [0.15, 0.2) is 60.7 Å². The van der Waals surface area contributed by atoms with Crippen LogP contribution in [-0.4, -0.2) is 18.4 Å². The molecule has 0 radical (unpaired) electrons. The van der Waals surface area contributed by atoms with Crippen molar-refractivity contribution in [1.82, 2.24) is 0 Å². The van der Waals surface area contributed by atoms with Gasteiger partial charge in [0.25, 0.3) is 5.91 Å². The topological polar surface area (TPSA) is 49.4 Å². The average Bonchev–Trinajstić information content (AvgIpc) is 3.07. The summed E-state index contributed by atoms with van der Waals surface area (Å²) in [7, 11) is 0. The van der Waals surface area contributed by atoms with E-state index in [-0.39, 0.29) is 11.8 Å². The van der Waals surface area contributed by atoms with Crippen LogP contribution in [0.2, 0.25) is 5.02 Å². The van der Waals surface area contributed by atoms with E-state index in [2.05, 4.69) is 5.32 Å². The van der Waals surface area contributed by atoms with Crippen molar-refractivity contribution in [3.8, 4) is 0 Å². The molecule has 2 amide bonds. The number of nitrogens with one attached hydrogen (secondary N) is 1. The molecule has 4 nitrogen and oxygen atoms in total. The monoisotopic (exact) mass is 364 g/mol. The standard InChI is InChI=1S/C21H17ClN2O2/c22-18-13-17(9-10-19(18)24-11-3-6-20(24)25)23-21(26)16-8-7-14-4-1-2-5-15(14)12-16/h1-2,4-5,7-10,12-13H,3,6,11H2,(H,23,26). The van der Waals surface area contributed by atoms with Gasteiger partial charge < -0.3 is 10.2 Å². The van der Waals surface area contributed by atoms with Crippen LogP contribution in [0.4, 0.5) is 11.4 Å². The van der Waals surface area contributed by atoms with Gasteiger partial charge in [-0.2, -0.15) is 0 Å². The number of carbonyl (C=O) groups excluding carboxylic acids is 2. The van der Waals surface area contributed by atoms with Crippen LogP contribution in [0, 0.1) is 0 Å². The Labute approximate surface area is 156 Å². The SMILES string of the molecule is O=C(Nc1ccc(N2CCCC2=O)c(Cl)c1)c1ccc2ccccc2c1. The highest BCUT2D eigenvalue weighted by Gasteiger charge is 2.23. The number of carbonyl (C=O) groups is 2. The Morgan fingerprint density at radius 2 is 1.81 bits per heavy atom. The molecule has 26 heavy (non-hydrogen) atoms. The molecular formula is C21H17ClN2O2. The fraction of sp³-hybridized carbons (Fsp3) is 0.143. The van der Waals surface area contributed by atoms with Gasteiger partial charge in [0, 0.05) is 24.2 Å². The molecule has 1 heterocycles. The molecule has 0 aliphatic carbocycles. The first-order chi connectivity index (χ1) is 12.6. The number of benzene rings is 3. The van der Waals surface area contributed by atoms with Crippen LogP contribution in [0.3, 0.4) is 0 Å². The molecule has 1 saturated heterocycles. The van der Waals surface area contributed by atoms with Gasteiger partial charge in [-0.3, -0.25) is 9.59 Å². The van der Waals surface area contributed by atoms with E-state index in [0.717, 1.165) is 17.2 Å².